The van der Waals surface area contributed by atoms with E-state index in [0.29, 0.717) is 11.5 Å². The molecule has 0 bridgehead atoms. The van der Waals surface area contributed by atoms with Gasteiger partial charge in [-0.2, -0.15) is 0 Å². The van der Waals surface area contributed by atoms with E-state index < -0.39 is 17.9 Å². The molecule has 0 radical (unpaired) electrons. The van der Waals surface area contributed by atoms with Crippen LogP contribution in [0.15, 0.2) is 18.2 Å². The van der Waals surface area contributed by atoms with Crippen LogP contribution < -0.4 is 14.8 Å². The zero-order chi connectivity index (χ0) is 15.6. The summed E-state index contributed by atoms with van der Waals surface area (Å²) in [5, 5.41) is 11.4. The van der Waals surface area contributed by atoms with Crippen molar-refractivity contribution in [3.8, 4) is 11.5 Å². The zero-order valence-corrected chi connectivity index (χ0v) is 12.3. The Morgan fingerprint density at radius 2 is 2.19 bits per heavy atom. The second kappa shape index (κ2) is 5.63. The Morgan fingerprint density at radius 3 is 2.81 bits per heavy atom. The Kier molecular flexibility index (Phi) is 4.06. The number of aliphatic carboxylic acids is 1. The molecule has 0 aromatic heterocycles. The fraction of sp³-hybridized carbons (Fsp3) is 0.467. The van der Waals surface area contributed by atoms with Crippen molar-refractivity contribution in [2.24, 2.45) is 0 Å². The molecule has 6 nitrogen and oxygen atoms in total. The molecule has 0 spiro atoms. The van der Waals surface area contributed by atoms with E-state index in [-0.39, 0.29) is 12.2 Å². The van der Waals surface area contributed by atoms with Crippen LogP contribution in [0.2, 0.25) is 0 Å². The van der Waals surface area contributed by atoms with Crippen LogP contribution in [-0.2, 0) is 16.0 Å². The van der Waals surface area contributed by atoms with Crippen LogP contribution in [0.1, 0.15) is 26.3 Å². The van der Waals surface area contributed by atoms with E-state index >= 15 is 0 Å². The van der Waals surface area contributed by atoms with Gasteiger partial charge in [0.1, 0.15) is 12.2 Å². The van der Waals surface area contributed by atoms with E-state index in [1.165, 1.54) is 6.92 Å². The minimum Gasteiger partial charge on any atom is -0.487 e. The van der Waals surface area contributed by atoms with Crippen LogP contribution in [0, 0.1) is 0 Å². The van der Waals surface area contributed by atoms with Gasteiger partial charge in [-0.05, 0) is 19.9 Å². The topological polar surface area (TPSA) is 84.9 Å². The number of amides is 1. The van der Waals surface area contributed by atoms with Gasteiger partial charge in [-0.3, -0.25) is 4.79 Å². The summed E-state index contributed by atoms with van der Waals surface area (Å²) in [5.74, 6) is -0.412. The SMILES string of the molecule is CC(=O)NC(COc1cccc2c1OC(C)(C)C2)C(=O)O. The van der Waals surface area contributed by atoms with Gasteiger partial charge in [-0.15, -0.1) is 0 Å². The summed E-state index contributed by atoms with van der Waals surface area (Å²) in [7, 11) is 0. The predicted molar refractivity (Wildman–Crippen MR) is 75.6 cm³/mol. The van der Waals surface area contributed by atoms with E-state index in [9.17, 15) is 9.59 Å². The normalized spacial score (nSPS) is 16.5. The van der Waals surface area contributed by atoms with Gasteiger partial charge in [0.05, 0.1) is 0 Å². The van der Waals surface area contributed by atoms with Crippen molar-refractivity contribution in [3.05, 3.63) is 23.8 Å². The molecule has 1 aliphatic heterocycles. The fourth-order valence-corrected chi connectivity index (χ4v) is 2.29. The number of carboxylic acids is 1. The second-order valence-corrected chi connectivity index (χ2v) is 5.69. The lowest BCUT2D eigenvalue weighted by atomic mass is 10.0. The van der Waals surface area contributed by atoms with Crippen LogP contribution in [0.5, 0.6) is 11.5 Å². The van der Waals surface area contributed by atoms with Crippen LogP contribution in [0.25, 0.3) is 0 Å². The lowest BCUT2D eigenvalue weighted by Crippen LogP contribution is -2.43. The van der Waals surface area contributed by atoms with E-state index in [2.05, 4.69) is 5.32 Å². The summed E-state index contributed by atoms with van der Waals surface area (Å²) in [5.41, 5.74) is 0.731. The third kappa shape index (κ3) is 3.65. The standard InChI is InChI=1S/C15H19NO5/c1-9(17)16-11(14(18)19)8-20-12-6-4-5-10-7-15(2,3)21-13(10)12/h4-6,11H,7-8H2,1-3H3,(H,16,17)(H,18,19). The first-order chi connectivity index (χ1) is 9.78. The average molecular weight is 293 g/mol. The first-order valence-corrected chi connectivity index (χ1v) is 6.72. The highest BCUT2D eigenvalue weighted by Crippen LogP contribution is 2.41. The number of benzene rings is 1. The summed E-state index contributed by atoms with van der Waals surface area (Å²) in [6.07, 6.45) is 0.771. The largest absolute Gasteiger partial charge is 0.487 e. The summed E-state index contributed by atoms with van der Waals surface area (Å²) < 4.78 is 11.4. The monoisotopic (exact) mass is 293 g/mol. The number of carboxylic acid groups (broad SMARTS) is 1. The van der Waals surface area contributed by atoms with E-state index in [1.54, 1.807) is 6.07 Å². The molecule has 6 heteroatoms. The molecular formula is C15H19NO5. The molecule has 1 aromatic rings. The molecule has 2 N–H and O–H groups in total. The van der Waals surface area contributed by atoms with Gasteiger partial charge >= 0.3 is 5.97 Å². The van der Waals surface area contributed by atoms with Crippen molar-refractivity contribution in [2.45, 2.75) is 38.8 Å². The van der Waals surface area contributed by atoms with Gasteiger partial charge in [-0.25, -0.2) is 4.79 Å². The maximum absolute atomic E-state index is 11.1. The Morgan fingerprint density at radius 1 is 1.48 bits per heavy atom. The van der Waals surface area contributed by atoms with Gasteiger partial charge in [0, 0.05) is 18.9 Å². The van der Waals surface area contributed by atoms with Crippen molar-refractivity contribution < 1.29 is 24.2 Å². The number of carbonyl (C=O) groups is 2. The molecule has 0 fully saturated rings. The van der Waals surface area contributed by atoms with Gasteiger partial charge in [0.2, 0.25) is 5.91 Å². The molecule has 0 saturated heterocycles. The minimum absolute atomic E-state index is 0.158. The third-order valence-corrected chi connectivity index (χ3v) is 3.14. The smallest absolute Gasteiger partial charge is 0.329 e. The van der Waals surface area contributed by atoms with E-state index in [0.717, 1.165) is 12.0 Å². The number of ether oxygens (including phenoxy) is 2. The number of carbonyl (C=O) groups excluding carboxylic acids is 1. The van der Waals surface area contributed by atoms with Crippen LogP contribution in [0.3, 0.4) is 0 Å². The van der Waals surface area contributed by atoms with Crippen molar-refractivity contribution >= 4 is 11.9 Å². The molecule has 21 heavy (non-hydrogen) atoms. The summed E-state index contributed by atoms with van der Waals surface area (Å²) >= 11 is 0. The molecule has 1 unspecified atom stereocenters. The number of nitrogens with one attached hydrogen (secondary N) is 1. The highest BCUT2D eigenvalue weighted by molar-refractivity contribution is 5.82. The van der Waals surface area contributed by atoms with Crippen LogP contribution in [-0.4, -0.2) is 35.2 Å². The number of fused-ring (bicyclic) bond motifs is 1. The fourth-order valence-electron chi connectivity index (χ4n) is 2.29. The zero-order valence-electron chi connectivity index (χ0n) is 12.3. The highest BCUT2D eigenvalue weighted by Gasteiger charge is 2.32. The molecular weight excluding hydrogens is 274 g/mol. The second-order valence-electron chi connectivity index (χ2n) is 5.69. The minimum atomic E-state index is -1.14. The van der Waals surface area contributed by atoms with Crippen LogP contribution >= 0.6 is 0 Å². The van der Waals surface area contributed by atoms with Crippen molar-refractivity contribution in [1.82, 2.24) is 5.32 Å². The molecule has 2 rings (SSSR count). The molecule has 0 saturated carbocycles. The molecule has 1 heterocycles. The highest BCUT2D eigenvalue weighted by atomic mass is 16.5. The average Bonchev–Trinajstić information content (AvgIpc) is 2.68. The Bertz CT molecular complexity index is 567. The molecule has 1 amide bonds. The molecule has 114 valence electrons. The van der Waals surface area contributed by atoms with Crippen molar-refractivity contribution in [1.29, 1.82) is 0 Å². The quantitative estimate of drug-likeness (QED) is 0.856. The Balaban J connectivity index is 2.10. The molecule has 0 aliphatic carbocycles. The number of rotatable bonds is 5. The third-order valence-electron chi connectivity index (χ3n) is 3.14. The van der Waals surface area contributed by atoms with Gasteiger partial charge in [0.15, 0.2) is 17.5 Å². The van der Waals surface area contributed by atoms with E-state index in [4.69, 9.17) is 14.6 Å². The maximum atomic E-state index is 11.1. The van der Waals surface area contributed by atoms with Gasteiger partial charge < -0.3 is 19.9 Å². The molecule has 1 aromatic carbocycles. The summed E-state index contributed by atoms with van der Waals surface area (Å²) in [6, 6.07) is 4.44. The van der Waals surface area contributed by atoms with Crippen molar-refractivity contribution in [2.75, 3.05) is 6.61 Å². The first kappa shape index (κ1) is 15.2. The Hall–Kier alpha value is -2.24. The Labute approximate surface area is 123 Å². The molecule has 1 aliphatic rings. The lowest BCUT2D eigenvalue weighted by molar-refractivity contribution is -0.142. The summed E-state index contributed by atoms with van der Waals surface area (Å²) in [4.78, 5) is 22.1. The predicted octanol–water partition coefficient (Wildman–Crippen LogP) is 1.37. The van der Waals surface area contributed by atoms with Gasteiger partial charge in [0.25, 0.3) is 0 Å². The van der Waals surface area contributed by atoms with Crippen molar-refractivity contribution in [3.63, 3.8) is 0 Å². The van der Waals surface area contributed by atoms with Gasteiger partial charge in [-0.1, -0.05) is 12.1 Å². The first-order valence-electron chi connectivity index (χ1n) is 6.72. The number of para-hydroxylation sites is 1. The maximum Gasteiger partial charge on any atom is 0.329 e. The number of hydrogen-bond donors (Lipinski definition) is 2. The van der Waals surface area contributed by atoms with Crippen LogP contribution in [0.4, 0.5) is 0 Å². The van der Waals surface area contributed by atoms with E-state index in [1.807, 2.05) is 26.0 Å². The lowest BCUT2D eigenvalue weighted by Gasteiger charge is -2.19. The summed E-state index contributed by atoms with van der Waals surface area (Å²) in [6.45, 7) is 5.07. The molecule has 1 atom stereocenters. The number of hydrogen-bond acceptors (Lipinski definition) is 4.